The molecule has 1 saturated heterocycles. The Labute approximate surface area is 123 Å². The van der Waals surface area contributed by atoms with Gasteiger partial charge in [-0.05, 0) is 27.7 Å². The molecule has 1 rings (SSSR count). The molecule has 0 radical (unpaired) electrons. The SMILES string of the molecule is COCCOCCN1C(=O)C(C)(C)N(I)C1(C)C. The van der Waals surface area contributed by atoms with Gasteiger partial charge in [0.1, 0.15) is 11.2 Å². The maximum Gasteiger partial charge on any atom is 0.244 e. The molecule has 0 aromatic carbocycles. The highest BCUT2D eigenvalue weighted by Crippen LogP contribution is 2.40. The third kappa shape index (κ3) is 2.97. The molecule has 0 N–H and O–H groups in total. The number of carbonyl (C=O) groups is 1. The van der Waals surface area contributed by atoms with E-state index in [0.29, 0.717) is 26.4 Å². The number of halogens is 1. The summed E-state index contributed by atoms with van der Waals surface area (Å²) in [6.07, 6.45) is 0. The van der Waals surface area contributed by atoms with Gasteiger partial charge in [-0.15, -0.1) is 0 Å². The smallest absolute Gasteiger partial charge is 0.244 e. The predicted molar refractivity (Wildman–Crippen MR) is 78.4 cm³/mol. The first-order chi connectivity index (χ1) is 8.26. The summed E-state index contributed by atoms with van der Waals surface area (Å²) >= 11 is 2.23. The molecule has 0 aromatic heterocycles. The summed E-state index contributed by atoms with van der Waals surface area (Å²) in [6.45, 7) is 10.3. The van der Waals surface area contributed by atoms with Gasteiger partial charge < -0.3 is 14.4 Å². The minimum atomic E-state index is -0.462. The van der Waals surface area contributed by atoms with Crippen molar-refractivity contribution in [2.45, 2.75) is 38.9 Å². The second kappa shape index (κ2) is 6.02. The van der Waals surface area contributed by atoms with E-state index in [4.69, 9.17) is 9.47 Å². The van der Waals surface area contributed by atoms with Gasteiger partial charge in [0.2, 0.25) is 5.91 Å². The summed E-state index contributed by atoms with van der Waals surface area (Å²) in [6, 6.07) is 0. The van der Waals surface area contributed by atoms with Crippen LogP contribution in [0.4, 0.5) is 0 Å². The largest absolute Gasteiger partial charge is 0.382 e. The van der Waals surface area contributed by atoms with Crippen LogP contribution in [0.5, 0.6) is 0 Å². The number of nitrogens with zero attached hydrogens (tertiary/aromatic N) is 2. The van der Waals surface area contributed by atoms with Gasteiger partial charge in [0, 0.05) is 36.5 Å². The van der Waals surface area contributed by atoms with E-state index in [0.717, 1.165) is 0 Å². The molecule has 106 valence electrons. The predicted octanol–water partition coefficient (Wildman–Crippen LogP) is 1.66. The van der Waals surface area contributed by atoms with Crippen LogP contribution < -0.4 is 0 Å². The standard InChI is InChI=1S/C12H23IN2O3/c1-11(2)10(16)14(12(3,4)15(11)13)6-7-18-9-8-17-5/h6-9H2,1-5H3. The van der Waals surface area contributed by atoms with E-state index in [9.17, 15) is 4.79 Å². The van der Waals surface area contributed by atoms with Crippen LogP contribution in [-0.4, -0.2) is 58.6 Å². The van der Waals surface area contributed by atoms with Gasteiger partial charge in [0.05, 0.1) is 19.8 Å². The van der Waals surface area contributed by atoms with Gasteiger partial charge in [-0.2, -0.15) is 0 Å². The molecule has 0 spiro atoms. The van der Waals surface area contributed by atoms with Crippen molar-refractivity contribution in [2.24, 2.45) is 0 Å². The first kappa shape index (κ1) is 16.1. The lowest BCUT2D eigenvalue weighted by molar-refractivity contribution is -0.134. The van der Waals surface area contributed by atoms with E-state index in [1.165, 1.54) is 0 Å². The summed E-state index contributed by atoms with van der Waals surface area (Å²) in [7, 11) is 1.65. The molecule has 1 heterocycles. The van der Waals surface area contributed by atoms with Crippen LogP contribution in [0.1, 0.15) is 27.7 Å². The monoisotopic (exact) mass is 370 g/mol. The molecule has 18 heavy (non-hydrogen) atoms. The quantitative estimate of drug-likeness (QED) is 0.405. The zero-order valence-electron chi connectivity index (χ0n) is 11.8. The van der Waals surface area contributed by atoms with Gasteiger partial charge >= 0.3 is 0 Å². The highest BCUT2D eigenvalue weighted by Gasteiger charge is 2.55. The van der Waals surface area contributed by atoms with E-state index in [1.807, 2.05) is 18.7 Å². The maximum atomic E-state index is 12.4. The average molecular weight is 370 g/mol. The molecular weight excluding hydrogens is 347 g/mol. The first-order valence-electron chi connectivity index (χ1n) is 6.11. The minimum Gasteiger partial charge on any atom is -0.382 e. The fourth-order valence-electron chi connectivity index (χ4n) is 2.23. The van der Waals surface area contributed by atoms with Gasteiger partial charge in [-0.1, -0.05) is 0 Å². The second-order valence-corrected chi connectivity index (χ2v) is 6.36. The molecule has 0 unspecified atom stereocenters. The number of rotatable bonds is 6. The van der Waals surface area contributed by atoms with Crippen LogP contribution in [0.2, 0.25) is 0 Å². The fraction of sp³-hybridized carbons (Fsp3) is 0.917. The van der Waals surface area contributed by atoms with E-state index < -0.39 is 5.54 Å². The van der Waals surface area contributed by atoms with Gasteiger partial charge in [-0.25, -0.2) is 3.11 Å². The Balaban J connectivity index is 2.57. The van der Waals surface area contributed by atoms with Gasteiger partial charge in [0.15, 0.2) is 0 Å². The number of carbonyl (C=O) groups excluding carboxylic acids is 1. The fourth-order valence-corrected chi connectivity index (χ4v) is 2.69. The first-order valence-corrected chi connectivity index (χ1v) is 7.07. The van der Waals surface area contributed by atoms with Crippen LogP contribution in [0, 0.1) is 0 Å². The Morgan fingerprint density at radius 3 is 2.22 bits per heavy atom. The zero-order chi connectivity index (χ0) is 14.0. The van der Waals surface area contributed by atoms with Crippen LogP contribution in [-0.2, 0) is 14.3 Å². The topological polar surface area (TPSA) is 42.0 Å². The van der Waals surface area contributed by atoms with E-state index >= 15 is 0 Å². The minimum absolute atomic E-state index is 0.150. The average Bonchev–Trinajstić information content (AvgIpc) is 2.41. The normalized spacial score (nSPS) is 22.8. The lowest BCUT2D eigenvalue weighted by Crippen LogP contribution is -2.47. The number of ether oxygens (including phenoxy) is 2. The van der Waals surface area contributed by atoms with Crippen LogP contribution in [0.15, 0.2) is 0 Å². The van der Waals surface area contributed by atoms with Crippen molar-refractivity contribution in [3.63, 3.8) is 0 Å². The molecule has 0 aliphatic carbocycles. The summed E-state index contributed by atoms with van der Waals surface area (Å²) in [5, 5.41) is 0. The molecule has 1 fully saturated rings. The lowest BCUT2D eigenvalue weighted by atomic mass is 10.1. The van der Waals surface area contributed by atoms with E-state index in [-0.39, 0.29) is 11.6 Å². The number of hydrogen-bond donors (Lipinski definition) is 0. The summed E-state index contributed by atoms with van der Waals surface area (Å²) in [5.41, 5.74) is -0.748. The number of methoxy groups -OCH3 is 1. The highest BCUT2D eigenvalue weighted by molar-refractivity contribution is 14.1. The highest BCUT2D eigenvalue weighted by atomic mass is 127. The van der Waals surface area contributed by atoms with E-state index in [1.54, 1.807) is 7.11 Å². The summed E-state index contributed by atoms with van der Waals surface area (Å²) < 4.78 is 12.4. The molecule has 0 aromatic rings. The van der Waals surface area contributed by atoms with Crippen LogP contribution in [0.25, 0.3) is 0 Å². The molecule has 1 aliphatic heterocycles. The molecule has 5 nitrogen and oxygen atoms in total. The van der Waals surface area contributed by atoms with Gasteiger partial charge in [0.25, 0.3) is 0 Å². The van der Waals surface area contributed by atoms with Crippen molar-refractivity contribution in [1.82, 2.24) is 8.01 Å². The number of hydrogen-bond acceptors (Lipinski definition) is 4. The van der Waals surface area contributed by atoms with Gasteiger partial charge in [-0.3, -0.25) is 4.79 Å². The zero-order valence-corrected chi connectivity index (χ0v) is 14.0. The Hall–Kier alpha value is 0.0800. The Morgan fingerprint density at radius 1 is 1.17 bits per heavy atom. The van der Waals surface area contributed by atoms with Crippen molar-refractivity contribution < 1.29 is 14.3 Å². The van der Waals surface area contributed by atoms with Crippen molar-refractivity contribution in [3.05, 3.63) is 0 Å². The van der Waals surface area contributed by atoms with Crippen molar-refractivity contribution >= 4 is 28.8 Å². The van der Waals surface area contributed by atoms with Crippen LogP contribution >= 0.6 is 22.9 Å². The molecule has 0 saturated carbocycles. The Bertz CT molecular complexity index is 308. The van der Waals surface area contributed by atoms with Crippen molar-refractivity contribution in [1.29, 1.82) is 0 Å². The lowest BCUT2D eigenvalue weighted by Gasteiger charge is -2.35. The van der Waals surface area contributed by atoms with E-state index in [2.05, 4.69) is 39.8 Å². The van der Waals surface area contributed by atoms with Crippen molar-refractivity contribution in [2.75, 3.05) is 33.5 Å². The molecule has 0 bridgehead atoms. The summed E-state index contributed by atoms with van der Waals surface area (Å²) in [5.74, 6) is 0.150. The summed E-state index contributed by atoms with van der Waals surface area (Å²) in [4.78, 5) is 14.3. The molecule has 1 aliphatic rings. The third-order valence-corrected chi connectivity index (χ3v) is 5.68. The second-order valence-electron chi connectivity index (χ2n) is 5.40. The Kier molecular flexibility index (Phi) is 5.40. The molecule has 6 heteroatoms. The molecule has 0 atom stereocenters. The maximum absolute atomic E-state index is 12.4. The number of amides is 1. The van der Waals surface area contributed by atoms with Crippen molar-refractivity contribution in [3.8, 4) is 0 Å². The molecule has 1 amide bonds. The third-order valence-electron chi connectivity index (χ3n) is 3.29. The van der Waals surface area contributed by atoms with Crippen LogP contribution in [0.3, 0.4) is 0 Å². The molecular formula is C12H23IN2O3. The Morgan fingerprint density at radius 2 is 1.78 bits per heavy atom.